The molecule has 2 aromatic rings. The van der Waals surface area contributed by atoms with Gasteiger partial charge in [-0.1, -0.05) is 11.6 Å². The van der Waals surface area contributed by atoms with Crippen molar-refractivity contribution in [3.05, 3.63) is 57.6 Å². The van der Waals surface area contributed by atoms with E-state index < -0.39 is 5.91 Å². The van der Waals surface area contributed by atoms with E-state index in [2.05, 4.69) is 10.5 Å². The smallest absolute Gasteiger partial charge is 0.275 e. The van der Waals surface area contributed by atoms with E-state index in [1.54, 1.807) is 25.5 Å². The molecule has 0 fully saturated rings. The standard InChI is InChI=1S/C18H19ClN2O3/c1-11-8-17(24-4)12(2)7-13(11)10-20-21-18(22)15-9-14(19)5-6-16(15)23-3/h5-10H,1-4H3,(H,21,22). The quantitative estimate of drug-likeness (QED) is 0.662. The third-order valence-corrected chi connectivity index (χ3v) is 3.79. The Balaban J connectivity index is 2.16. The summed E-state index contributed by atoms with van der Waals surface area (Å²) in [7, 11) is 3.13. The van der Waals surface area contributed by atoms with Gasteiger partial charge in [-0.15, -0.1) is 0 Å². The predicted molar refractivity (Wildman–Crippen MR) is 95.5 cm³/mol. The largest absolute Gasteiger partial charge is 0.496 e. The van der Waals surface area contributed by atoms with Crippen LogP contribution in [0.15, 0.2) is 35.4 Å². The minimum Gasteiger partial charge on any atom is -0.496 e. The maximum Gasteiger partial charge on any atom is 0.275 e. The Labute approximate surface area is 146 Å². The molecule has 2 aromatic carbocycles. The Morgan fingerprint density at radius 2 is 1.79 bits per heavy atom. The van der Waals surface area contributed by atoms with Crippen LogP contribution in [-0.2, 0) is 0 Å². The van der Waals surface area contributed by atoms with Crippen LogP contribution >= 0.6 is 11.6 Å². The first-order chi connectivity index (χ1) is 11.5. The van der Waals surface area contributed by atoms with E-state index in [1.807, 2.05) is 26.0 Å². The Morgan fingerprint density at radius 3 is 2.46 bits per heavy atom. The highest BCUT2D eigenvalue weighted by Crippen LogP contribution is 2.23. The van der Waals surface area contributed by atoms with Gasteiger partial charge in [0.1, 0.15) is 11.5 Å². The molecule has 0 bridgehead atoms. The molecule has 1 amide bonds. The first-order valence-corrected chi connectivity index (χ1v) is 7.66. The fraction of sp³-hybridized carbons (Fsp3) is 0.222. The molecule has 0 aliphatic rings. The fourth-order valence-corrected chi connectivity index (χ4v) is 2.42. The molecule has 0 heterocycles. The summed E-state index contributed by atoms with van der Waals surface area (Å²) in [6, 6.07) is 8.71. The van der Waals surface area contributed by atoms with E-state index in [9.17, 15) is 4.79 Å². The molecule has 0 radical (unpaired) electrons. The van der Waals surface area contributed by atoms with Crippen LogP contribution in [0.3, 0.4) is 0 Å². The lowest BCUT2D eigenvalue weighted by Crippen LogP contribution is -2.18. The number of hydrazone groups is 1. The Hall–Kier alpha value is -2.53. The zero-order chi connectivity index (χ0) is 17.7. The van der Waals surface area contributed by atoms with Crippen molar-refractivity contribution >= 4 is 23.7 Å². The molecular weight excluding hydrogens is 328 g/mol. The maximum absolute atomic E-state index is 12.2. The van der Waals surface area contributed by atoms with E-state index in [1.165, 1.54) is 13.2 Å². The van der Waals surface area contributed by atoms with Gasteiger partial charge in [0.15, 0.2) is 0 Å². The molecular formula is C18H19ClN2O3. The summed E-state index contributed by atoms with van der Waals surface area (Å²) >= 11 is 5.93. The van der Waals surface area contributed by atoms with Crippen molar-refractivity contribution in [2.45, 2.75) is 13.8 Å². The van der Waals surface area contributed by atoms with Gasteiger partial charge in [-0.2, -0.15) is 5.10 Å². The average molecular weight is 347 g/mol. The number of aryl methyl sites for hydroxylation is 2. The van der Waals surface area contributed by atoms with Crippen LogP contribution in [0.25, 0.3) is 0 Å². The van der Waals surface area contributed by atoms with Gasteiger partial charge in [0.2, 0.25) is 0 Å². The number of ether oxygens (including phenoxy) is 2. The van der Waals surface area contributed by atoms with Crippen LogP contribution in [-0.4, -0.2) is 26.3 Å². The summed E-state index contributed by atoms with van der Waals surface area (Å²) in [6.45, 7) is 3.90. The molecule has 24 heavy (non-hydrogen) atoms. The summed E-state index contributed by atoms with van der Waals surface area (Å²) in [5, 5.41) is 4.47. The number of halogens is 1. The van der Waals surface area contributed by atoms with E-state index in [4.69, 9.17) is 21.1 Å². The number of carbonyl (C=O) groups excluding carboxylic acids is 1. The Kier molecular flexibility index (Phi) is 5.82. The second-order valence-electron chi connectivity index (χ2n) is 5.22. The van der Waals surface area contributed by atoms with Gasteiger partial charge in [0.25, 0.3) is 5.91 Å². The summed E-state index contributed by atoms with van der Waals surface area (Å²) in [5.41, 5.74) is 5.69. The van der Waals surface area contributed by atoms with Crippen molar-refractivity contribution in [1.29, 1.82) is 0 Å². The van der Waals surface area contributed by atoms with Gasteiger partial charge in [-0.3, -0.25) is 4.79 Å². The second-order valence-corrected chi connectivity index (χ2v) is 5.66. The van der Waals surface area contributed by atoms with Crippen molar-refractivity contribution in [2.75, 3.05) is 14.2 Å². The zero-order valence-electron chi connectivity index (χ0n) is 14.0. The maximum atomic E-state index is 12.2. The molecule has 0 saturated heterocycles. The number of hydrogen-bond donors (Lipinski definition) is 1. The van der Waals surface area contributed by atoms with Gasteiger partial charge in [-0.25, -0.2) is 5.43 Å². The third kappa shape index (κ3) is 4.06. The van der Waals surface area contributed by atoms with Crippen molar-refractivity contribution < 1.29 is 14.3 Å². The number of hydrogen-bond acceptors (Lipinski definition) is 4. The van der Waals surface area contributed by atoms with Crippen LogP contribution in [0.1, 0.15) is 27.0 Å². The minimum atomic E-state index is -0.395. The van der Waals surface area contributed by atoms with Crippen molar-refractivity contribution in [3.63, 3.8) is 0 Å². The van der Waals surface area contributed by atoms with Crippen molar-refractivity contribution in [2.24, 2.45) is 5.10 Å². The average Bonchev–Trinajstić information content (AvgIpc) is 2.57. The molecule has 5 nitrogen and oxygen atoms in total. The molecule has 6 heteroatoms. The summed E-state index contributed by atoms with van der Waals surface area (Å²) < 4.78 is 10.4. The van der Waals surface area contributed by atoms with Gasteiger partial charge >= 0.3 is 0 Å². The van der Waals surface area contributed by atoms with Gasteiger partial charge in [0, 0.05) is 5.02 Å². The summed E-state index contributed by atoms with van der Waals surface area (Å²) in [6.07, 6.45) is 1.59. The van der Waals surface area contributed by atoms with E-state index in [0.29, 0.717) is 16.3 Å². The van der Waals surface area contributed by atoms with Crippen LogP contribution in [0.4, 0.5) is 0 Å². The highest BCUT2D eigenvalue weighted by molar-refractivity contribution is 6.31. The SMILES string of the molecule is COc1cc(C)c(C=NNC(=O)c2cc(Cl)ccc2OC)cc1C. The predicted octanol–water partition coefficient (Wildman–Crippen LogP) is 3.74. The normalized spacial score (nSPS) is 10.7. The molecule has 0 aliphatic heterocycles. The Morgan fingerprint density at radius 1 is 1.08 bits per heavy atom. The van der Waals surface area contributed by atoms with Crippen molar-refractivity contribution in [3.8, 4) is 11.5 Å². The molecule has 0 unspecified atom stereocenters. The fourth-order valence-electron chi connectivity index (χ4n) is 2.25. The molecule has 0 spiro atoms. The summed E-state index contributed by atoms with van der Waals surface area (Å²) in [5.74, 6) is 0.856. The van der Waals surface area contributed by atoms with Crippen LogP contribution in [0, 0.1) is 13.8 Å². The number of benzene rings is 2. The van der Waals surface area contributed by atoms with E-state index in [-0.39, 0.29) is 0 Å². The molecule has 0 atom stereocenters. The lowest BCUT2D eigenvalue weighted by molar-refractivity contribution is 0.0952. The molecule has 0 aliphatic carbocycles. The summed E-state index contributed by atoms with van der Waals surface area (Å²) in [4.78, 5) is 12.2. The first kappa shape index (κ1) is 17.8. The molecule has 0 aromatic heterocycles. The van der Waals surface area contributed by atoms with Crippen molar-refractivity contribution in [1.82, 2.24) is 5.43 Å². The number of nitrogens with one attached hydrogen (secondary N) is 1. The van der Waals surface area contributed by atoms with E-state index >= 15 is 0 Å². The molecule has 2 rings (SSSR count). The molecule has 0 saturated carbocycles. The topological polar surface area (TPSA) is 59.9 Å². The second kappa shape index (κ2) is 7.84. The lowest BCUT2D eigenvalue weighted by atomic mass is 10.1. The highest BCUT2D eigenvalue weighted by Gasteiger charge is 2.12. The Bertz CT molecular complexity index is 788. The highest BCUT2D eigenvalue weighted by atomic mass is 35.5. The zero-order valence-corrected chi connectivity index (χ0v) is 14.8. The van der Waals surface area contributed by atoms with E-state index in [0.717, 1.165) is 22.4 Å². The molecule has 1 N–H and O–H groups in total. The molecule has 126 valence electrons. The number of rotatable bonds is 5. The third-order valence-electron chi connectivity index (χ3n) is 3.56. The van der Waals surface area contributed by atoms with Gasteiger partial charge < -0.3 is 9.47 Å². The van der Waals surface area contributed by atoms with Gasteiger partial charge in [0.05, 0.1) is 26.0 Å². The first-order valence-electron chi connectivity index (χ1n) is 7.28. The number of carbonyl (C=O) groups is 1. The van der Waals surface area contributed by atoms with Crippen LogP contribution in [0.2, 0.25) is 5.02 Å². The van der Waals surface area contributed by atoms with Crippen LogP contribution in [0.5, 0.6) is 11.5 Å². The number of nitrogens with zero attached hydrogens (tertiary/aromatic N) is 1. The number of methoxy groups -OCH3 is 2. The monoisotopic (exact) mass is 346 g/mol. The van der Waals surface area contributed by atoms with Crippen LogP contribution < -0.4 is 14.9 Å². The lowest BCUT2D eigenvalue weighted by Gasteiger charge is -2.09. The minimum absolute atomic E-state index is 0.324. The van der Waals surface area contributed by atoms with Gasteiger partial charge in [-0.05, 0) is 60.9 Å². The number of amides is 1.